The second-order valence-electron chi connectivity index (χ2n) is 5.47. The second kappa shape index (κ2) is 6.91. The Morgan fingerprint density at radius 1 is 1.43 bits per heavy atom. The lowest BCUT2D eigenvalue weighted by atomic mass is 10.1. The van der Waals surface area contributed by atoms with Gasteiger partial charge >= 0.3 is 0 Å². The number of carbonyl (C=O) groups is 1. The van der Waals surface area contributed by atoms with Crippen LogP contribution < -0.4 is 5.32 Å². The molecule has 2 heterocycles. The van der Waals surface area contributed by atoms with Crippen LogP contribution in [0.2, 0.25) is 0 Å². The average Bonchev–Trinajstić information content (AvgIpc) is 2.96. The first-order chi connectivity index (χ1) is 11.1. The molecule has 0 aliphatic carbocycles. The van der Waals surface area contributed by atoms with E-state index in [9.17, 15) is 4.79 Å². The number of carbonyl (C=O) groups excluding carboxylic acids is 1. The average molecular weight is 329 g/mol. The van der Waals surface area contributed by atoms with Gasteiger partial charge in [0.1, 0.15) is 0 Å². The van der Waals surface area contributed by atoms with E-state index in [0.29, 0.717) is 12.2 Å². The van der Waals surface area contributed by atoms with E-state index in [-0.39, 0.29) is 5.91 Å². The van der Waals surface area contributed by atoms with Gasteiger partial charge in [0.25, 0.3) is 5.91 Å². The fourth-order valence-corrected chi connectivity index (χ4v) is 3.23. The third-order valence-electron chi connectivity index (χ3n) is 3.66. The van der Waals surface area contributed by atoms with Crippen molar-refractivity contribution in [3.05, 3.63) is 48.0 Å². The molecule has 0 spiro atoms. The van der Waals surface area contributed by atoms with Crippen LogP contribution >= 0.6 is 11.8 Å². The van der Waals surface area contributed by atoms with E-state index in [1.165, 1.54) is 0 Å². The summed E-state index contributed by atoms with van der Waals surface area (Å²) >= 11 is 1.60. The molecule has 1 amide bonds. The first-order valence-electron chi connectivity index (χ1n) is 7.51. The topological polar surface area (TPSA) is 56.2 Å². The molecule has 1 aliphatic rings. The minimum absolute atomic E-state index is 0.0858. The Morgan fingerprint density at radius 3 is 2.96 bits per heavy atom. The fourth-order valence-electron chi connectivity index (χ4n) is 2.33. The van der Waals surface area contributed by atoms with E-state index < -0.39 is 0 Å². The zero-order valence-electron chi connectivity index (χ0n) is 13.2. The van der Waals surface area contributed by atoms with Crippen molar-refractivity contribution in [3.8, 4) is 0 Å². The quantitative estimate of drug-likeness (QED) is 0.932. The minimum atomic E-state index is -0.0858. The Labute approximate surface area is 139 Å². The Hall–Kier alpha value is -2.21. The maximum absolute atomic E-state index is 12.2. The molecule has 0 bridgehead atoms. The van der Waals surface area contributed by atoms with E-state index >= 15 is 0 Å². The number of benzene rings is 1. The van der Waals surface area contributed by atoms with Gasteiger partial charge in [-0.05, 0) is 43.5 Å². The second-order valence-corrected chi connectivity index (χ2v) is 6.51. The van der Waals surface area contributed by atoms with E-state index in [1.807, 2.05) is 36.9 Å². The number of nitrogens with zero attached hydrogens (tertiary/aromatic N) is 2. The Bertz CT molecular complexity index is 752. The number of aryl methyl sites for hydroxylation is 2. The van der Waals surface area contributed by atoms with Crippen LogP contribution in [0.5, 0.6) is 0 Å². The minimum Gasteiger partial charge on any atom is -0.501 e. The van der Waals surface area contributed by atoms with Gasteiger partial charge in [-0.1, -0.05) is 11.8 Å². The largest absolute Gasteiger partial charge is 0.501 e. The van der Waals surface area contributed by atoms with Crippen LogP contribution in [0.1, 0.15) is 18.4 Å². The monoisotopic (exact) mass is 329 g/mol. The summed E-state index contributed by atoms with van der Waals surface area (Å²) in [5.74, 6) is -0.0858. The lowest BCUT2D eigenvalue weighted by molar-refractivity contribution is -0.113. The summed E-state index contributed by atoms with van der Waals surface area (Å²) in [5.41, 5.74) is 2.54. The Balaban J connectivity index is 1.70. The smallest absolute Gasteiger partial charge is 0.254 e. The highest BCUT2D eigenvalue weighted by Gasteiger charge is 2.14. The highest BCUT2D eigenvalue weighted by molar-refractivity contribution is 7.99. The normalized spacial score (nSPS) is 14.1. The molecule has 1 aliphatic heterocycles. The lowest BCUT2D eigenvalue weighted by Crippen LogP contribution is -2.17. The molecule has 0 fully saturated rings. The van der Waals surface area contributed by atoms with Gasteiger partial charge in [-0.25, -0.2) is 4.98 Å². The molecule has 0 radical (unpaired) electrons. The number of anilines is 1. The summed E-state index contributed by atoms with van der Waals surface area (Å²) in [5, 5.41) is 3.90. The van der Waals surface area contributed by atoms with Crippen LogP contribution in [-0.2, 0) is 16.6 Å². The van der Waals surface area contributed by atoms with Crippen molar-refractivity contribution >= 4 is 23.4 Å². The predicted octanol–water partition coefficient (Wildman–Crippen LogP) is 3.51. The van der Waals surface area contributed by atoms with Crippen LogP contribution in [-0.4, -0.2) is 22.1 Å². The van der Waals surface area contributed by atoms with Gasteiger partial charge in [0.2, 0.25) is 0 Å². The zero-order valence-corrected chi connectivity index (χ0v) is 14.0. The Kier molecular flexibility index (Phi) is 4.71. The molecule has 1 N–H and O–H groups in total. The molecule has 5 nitrogen and oxygen atoms in total. The van der Waals surface area contributed by atoms with E-state index in [4.69, 9.17) is 4.74 Å². The predicted molar refractivity (Wildman–Crippen MR) is 90.4 cm³/mol. The third-order valence-corrected chi connectivity index (χ3v) is 4.72. The highest BCUT2D eigenvalue weighted by Crippen LogP contribution is 2.29. The maximum atomic E-state index is 12.2. The fraction of sp³-hybridized carbons (Fsp3) is 0.294. The number of ether oxygens (including phenoxy) is 1. The third kappa shape index (κ3) is 3.76. The summed E-state index contributed by atoms with van der Waals surface area (Å²) < 4.78 is 7.20. The number of imidazole rings is 1. The van der Waals surface area contributed by atoms with Crippen molar-refractivity contribution in [2.45, 2.75) is 29.8 Å². The molecule has 23 heavy (non-hydrogen) atoms. The van der Waals surface area contributed by atoms with Gasteiger partial charge in [-0.2, -0.15) is 0 Å². The molecule has 6 heteroatoms. The van der Waals surface area contributed by atoms with E-state index in [2.05, 4.69) is 16.4 Å². The zero-order chi connectivity index (χ0) is 16.2. The van der Waals surface area contributed by atoms with E-state index in [1.54, 1.807) is 24.2 Å². The maximum Gasteiger partial charge on any atom is 0.254 e. The molecule has 1 aromatic carbocycles. The van der Waals surface area contributed by atoms with Gasteiger partial charge in [-0.15, -0.1) is 0 Å². The Morgan fingerprint density at radius 2 is 2.30 bits per heavy atom. The summed E-state index contributed by atoms with van der Waals surface area (Å²) in [6, 6.07) is 5.98. The first-order valence-corrected chi connectivity index (χ1v) is 8.33. The SMILES string of the molecule is Cc1cc(Sc2nccn2C)ccc1NC(=O)C1=COCCC1. The molecule has 2 aromatic rings. The summed E-state index contributed by atoms with van der Waals surface area (Å²) in [4.78, 5) is 17.6. The van der Waals surface area contributed by atoms with Crippen LogP contribution in [0.4, 0.5) is 5.69 Å². The van der Waals surface area contributed by atoms with Crippen LogP contribution in [0.15, 0.2) is 52.5 Å². The standard InChI is InChI=1S/C17H19N3O2S/c1-12-10-14(23-17-18-7-8-20(17)2)5-6-15(12)19-16(21)13-4-3-9-22-11-13/h5-8,10-11H,3-4,9H2,1-2H3,(H,19,21). The molecule has 120 valence electrons. The molecular formula is C17H19N3O2S. The molecule has 0 unspecified atom stereocenters. The van der Waals surface area contributed by atoms with Gasteiger partial charge < -0.3 is 14.6 Å². The van der Waals surface area contributed by atoms with Crippen LogP contribution in [0.3, 0.4) is 0 Å². The van der Waals surface area contributed by atoms with Gasteiger partial charge in [0, 0.05) is 30.0 Å². The van der Waals surface area contributed by atoms with Gasteiger partial charge in [0.15, 0.2) is 5.16 Å². The number of nitrogens with one attached hydrogen (secondary N) is 1. The molecule has 0 saturated carbocycles. The number of rotatable bonds is 4. The van der Waals surface area contributed by atoms with Crippen LogP contribution in [0, 0.1) is 6.92 Å². The highest BCUT2D eigenvalue weighted by atomic mass is 32.2. The molecular weight excluding hydrogens is 310 g/mol. The summed E-state index contributed by atoms with van der Waals surface area (Å²) in [7, 11) is 1.97. The van der Waals surface area contributed by atoms with Crippen molar-refractivity contribution in [1.82, 2.24) is 9.55 Å². The van der Waals surface area contributed by atoms with Gasteiger partial charge in [-0.3, -0.25) is 4.79 Å². The molecule has 0 saturated heterocycles. The summed E-state index contributed by atoms with van der Waals surface area (Å²) in [6.07, 6.45) is 6.92. The van der Waals surface area contributed by atoms with Gasteiger partial charge in [0.05, 0.1) is 18.4 Å². The molecule has 1 aromatic heterocycles. The van der Waals surface area contributed by atoms with Crippen molar-refractivity contribution in [2.75, 3.05) is 11.9 Å². The number of amides is 1. The number of hydrogen-bond donors (Lipinski definition) is 1. The molecule has 0 atom stereocenters. The summed E-state index contributed by atoms with van der Waals surface area (Å²) in [6.45, 7) is 2.68. The first kappa shape index (κ1) is 15.7. The van der Waals surface area contributed by atoms with Crippen LogP contribution in [0.25, 0.3) is 0 Å². The number of aromatic nitrogens is 2. The van der Waals surface area contributed by atoms with Crippen molar-refractivity contribution in [2.24, 2.45) is 7.05 Å². The van der Waals surface area contributed by atoms with E-state index in [0.717, 1.165) is 34.1 Å². The molecule has 3 rings (SSSR count). The lowest BCUT2D eigenvalue weighted by Gasteiger charge is -2.15. The van der Waals surface area contributed by atoms with Crippen molar-refractivity contribution < 1.29 is 9.53 Å². The number of hydrogen-bond acceptors (Lipinski definition) is 4. The van der Waals surface area contributed by atoms with Crippen molar-refractivity contribution in [1.29, 1.82) is 0 Å². The van der Waals surface area contributed by atoms with Crippen molar-refractivity contribution in [3.63, 3.8) is 0 Å².